The van der Waals surface area contributed by atoms with Crippen LogP contribution in [-0.2, 0) is 4.79 Å². The van der Waals surface area contributed by atoms with Crippen molar-refractivity contribution in [2.75, 3.05) is 31.5 Å². The maximum absolute atomic E-state index is 12.0. The summed E-state index contributed by atoms with van der Waals surface area (Å²) in [4.78, 5) is 25.2. The molecule has 0 atom stereocenters. The van der Waals surface area contributed by atoms with Crippen molar-refractivity contribution < 1.29 is 9.59 Å². The molecule has 0 saturated heterocycles. The highest BCUT2D eigenvalue weighted by molar-refractivity contribution is 5.96. The molecule has 0 heterocycles. The minimum atomic E-state index is -0.149. The number of hydrogen-bond acceptors (Lipinski definition) is 3. The van der Waals surface area contributed by atoms with Gasteiger partial charge in [0.25, 0.3) is 5.91 Å². The quantitative estimate of drug-likeness (QED) is 0.797. The number of carbonyl (C=O) groups is 2. The van der Waals surface area contributed by atoms with Gasteiger partial charge < -0.3 is 15.5 Å². The average Bonchev–Trinajstić information content (AvgIpc) is 2.43. The number of benzene rings is 1. The van der Waals surface area contributed by atoms with E-state index in [4.69, 9.17) is 0 Å². The van der Waals surface area contributed by atoms with Crippen LogP contribution < -0.4 is 10.6 Å². The van der Waals surface area contributed by atoms with Crippen LogP contribution in [0.1, 0.15) is 31.1 Å². The molecular formula is C15H23N3O2. The molecule has 0 aliphatic rings. The molecule has 5 heteroatoms. The SMILES string of the molecule is CCN(CC)CCNC(=O)c1cccc(NC(C)=O)c1. The molecule has 0 fully saturated rings. The summed E-state index contributed by atoms with van der Waals surface area (Å²) in [5, 5.41) is 5.55. The van der Waals surface area contributed by atoms with Gasteiger partial charge in [0.2, 0.25) is 5.91 Å². The Morgan fingerprint density at radius 2 is 1.90 bits per heavy atom. The number of anilines is 1. The lowest BCUT2D eigenvalue weighted by atomic mass is 10.2. The molecule has 0 unspecified atom stereocenters. The van der Waals surface area contributed by atoms with E-state index in [0.717, 1.165) is 19.6 Å². The second-order valence-electron chi connectivity index (χ2n) is 4.54. The van der Waals surface area contributed by atoms with E-state index in [1.165, 1.54) is 6.92 Å². The van der Waals surface area contributed by atoms with E-state index in [2.05, 4.69) is 29.4 Å². The Kier molecular flexibility index (Phi) is 6.73. The molecule has 0 aliphatic heterocycles. The van der Waals surface area contributed by atoms with Crippen LogP contribution >= 0.6 is 0 Å². The lowest BCUT2D eigenvalue weighted by molar-refractivity contribution is -0.114. The van der Waals surface area contributed by atoms with Crippen LogP contribution in [0.5, 0.6) is 0 Å². The van der Waals surface area contributed by atoms with Gasteiger partial charge in [-0.15, -0.1) is 0 Å². The average molecular weight is 277 g/mol. The van der Waals surface area contributed by atoms with Gasteiger partial charge in [-0.2, -0.15) is 0 Å². The van der Waals surface area contributed by atoms with E-state index in [-0.39, 0.29) is 11.8 Å². The zero-order chi connectivity index (χ0) is 15.0. The molecule has 2 amide bonds. The standard InChI is InChI=1S/C15H23N3O2/c1-4-18(5-2)10-9-16-15(20)13-7-6-8-14(11-13)17-12(3)19/h6-8,11H,4-5,9-10H2,1-3H3,(H,16,20)(H,17,19). The molecular weight excluding hydrogens is 254 g/mol. The molecule has 0 radical (unpaired) electrons. The molecule has 2 N–H and O–H groups in total. The third kappa shape index (κ3) is 5.40. The monoisotopic (exact) mass is 277 g/mol. The smallest absolute Gasteiger partial charge is 0.251 e. The first kappa shape index (κ1) is 16.2. The molecule has 110 valence electrons. The summed E-state index contributed by atoms with van der Waals surface area (Å²) in [6, 6.07) is 6.92. The van der Waals surface area contributed by atoms with Crippen molar-refractivity contribution in [3.8, 4) is 0 Å². The topological polar surface area (TPSA) is 61.4 Å². The number of nitrogens with zero attached hydrogens (tertiary/aromatic N) is 1. The predicted molar refractivity (Wildman–Crippen MR) is 80.9 cm³/mol. The number of nitrogens with one attached hydrogen (secondary N) is 2. The van der Waals surface area contributed by atoms with Gasteiger partial charge >= 0.3 is 0 Å². The van der Waals surface area contributed by atoms with E-state index in [9.17, 15) is 9.59 Å². The van der Waals surface area contributed by atoms with E-state index in [1.54, 1.807) is 24.3 Å². The Balaban J connectivity index is 2.52. The highest BCUT2D eigenvalue weighted by atomic mass is 16.2. The van der Waals surface area contributed by atoms with E-state index >= 15 is 0 Å². The Labute approximate surface area is 120 Å². The summed E-state index contributed by atoms with van der Waals surface area (Å²) in [7, 11) is 0. The third-order valence-electron chi connectivity index (χ3n) is 3.05. The number of likely N-dealkylation sites (N-methyl/N-ethyl adjacent to an activating group) is 1. The number of rotatable bonds is 7. The van der Waals surface area contributed by atoms with Crippen molar-refractivity contribution in [1.82, 2.24) is 10.2 Å². The summed E-state index contributed by atoms with van der Waals surface area (Å²) in [6.45, 7) is 9.05. The van der Waals surface area contributed by atoms with E-state index < -0.39 is 0 Å². The third-order valence-corrected chi connectivity index (χ3v) is 3.05. The molecule has 0 aromatic heterocycles. The maximum atomic E-state index is 12.0. The van der Waals surface area contributed by atoms with Gasteiger partial charge in [0.05, 0.1) is 0 Å². The zero-order valence-corrected chi connectivity index (χ0v) is 12.4. The van der Waals surface area contributed by atoms with Crippen molar-refractivity contribution in [2.24, 2.45) is 0 Å². The van der Waals surface area contributed by atoms with Gasteiger partial charge in [-0.25, -0.2) is 0 Å². The van der Waals surface area contributed by atoms with Crippen molar-refractivity contribution in [1.29, 1.82) is 0 Å². The summed E-state index contributed by atoms with van der Waals surface area (Å²) in [5.74, 6) is -0.270. The van der Waals surface area contributed by atoms with Crippen molar-refractivity contribution in [2.45, 2.75) is 20.8 Å². The van der Waals surface area contributed by atoms with Gasteiger partial charge in [-0.3, -0.25) is 9.59 Å². The second kappa shape index (κ2) is 8.32. The van der Waals surface area contributed by atoms with E-state index in [1.807, 2.05) is 0 Å². The second-order valence-corrected chi connectivity index (χ2v) is 4.54. The number of amides is 2. The summed E-state index contributed by atoms with van der Waals surface area (Å²) in [5.41, 5.74) is 1.18. The van der Waals surface area contributed by atoms with Crippen LogP contribution in [-0.4, -0.2) is 42.9 Å². The Bertz CT molecular complexity index is 456. The normalized spacial score (nSPS) is 10.4. The first-order valence-corrected chi connectivity index (χ1v) is 6.95. The molecule has 1 rings (SSSR count). The molecule has 0 spiro atoms. The fourth-order valence-corrected chi connectivity index (χ4v) is 1.91. The maximum Gasteiger partial charge on any atom is 0.251 e. The lowest BCUT2D eigenvalue weighted by Crippen LogP contribution is -2.34. The first-order valence-electron chi connectivity index (χ1n) is 6.95. The zero-order valence-electron chi connectivity index (χ0n) is 12.4. The molecule has 0 saturated carbocycles. The van der Waals surface area contributed by atoms with Crippen LogP contribution in [0.3, 0.4) is 0 Å². The van der Waals surface area contributed by atoms with E-state index in [0.29, 0.717) is 17.8 Å². The highest BCUT2D eigenvalue weighted by Gasteiger charge is 2.07. The molecule has 20 heavy (non-hydrogen) atoms. The Morgan fingerprint density at radius 3 is 2.50 bits per heavy atom. The van der Waals surface area contributed by atoms with Crippen LogP contribution in [0.4, 0.5) is 5.69 Å². The minimum absolute atomic E-state index is 0.121. The number of hydrogen-bond donors (Lipinski definition) is 2. The Hall–Kier alpha value is -1.88. The van der Waals surface area contributed by atoms with Gasteiger partial charge in [0.1, 0.15) is 0 Å². The first-order chi connectivity index (χ1) is 9.56. The summed E-state index contributed by atoms with van der Waals surface area (Å²) < 4.78 is 0. The van der Waals surface area contributed by atoms with Gasteiger partial charge in [0.15, 0.2) is 0 Å². The fraction of sp³-hybridized carbons (Fsp3) is 0.467. The minimum Gasteiger partial charge on any atom is -0.351 e. The summed E-state index contributed by atoms with van der Waals surface area (Å²) >= 11 is 0. The van der Waals surface area contributed by atoms with Crippen LogP contribution in [0.25, 0.3) is 0 Å². The summed E-state index contributed by atoms with van der Waals surface area (Å²) in [6.07, 6.45) is 0. The molecule has 0 aliphatic carbocycles. The molecule has 1 aromatic rings. The van der Waals surface area contributed by atoms with Gasteiger partial charge in [-0.05, 0) is 31.3 Å². The van der Waals surface area contributed by atoms with Crippen molar-refractivity contribution in [3.63, 3.8) is 0 Å². The fourth-order valence-electron chi connectivity index (χ4n) is 1.91. The van der Waals surface area contributed by atoms with Crippen LogP contribution in [0.2, 0.25) is 0 Å². The highest BCUT2D eigenvalue weighted by Crippen LogP contribution is 2.10. The Morgan fingerprint density at radius 1 is 1.20 bits per heavy atom. The molecule has 0 bridgehead atoms. The number of carbonyl (C=O) groups excluding carboxylic acids is 2. The van der Waals surface area contributed by atoms with Crippen molar-refractivity contribution >= 4 is 17.5 Å². The van der Waals surface area contributed by atoms with Crippen LogP contribution in [0.15, 0.2) is 24.3 Å². The largest absolute Gasteiger partial charge is 0.351 e. The van der Waals surface area contributed by atoms with Gasteiger partial charge in [0, 0.05) is 31.3 Å². The van der Waals surface area contributed by atoms with Crippen molar-refractivity contribution in [3.05, 3.63) is 29.8 Å². The van der Waals surface area contributed by atoms with Crippen LogP contribution in [0, 0.1) is 0 Å². The predicted octanol–water partition coefficient (Wildman–Crippen LogP) is 1.72. The van der Waals surface area contributed by atoms with Gasteiger partial charge in [-0.1, -0.05) is 19.9 Å². The molecule has 5 nitrogen and oxygen atoms in total. The lowest BCUT2D eigenvalue weighted by Gasteiger charge is -2.18. The molecule has 1 aromatic carbocycles.